The van der Waals surface area contributed by atoms with Gasteiger partial charge in [-0.25, -0.2) is 4.79 Å². The van der Waals surface area contributed by atoms with Crippen LogP contribution in [0.25, 0.3) is 0 Å². The predicted molar refractivity (Wildman–Crippen MR) is 132 cm³/mol. The van der Waals surface area contributed by atoms with E-state index in [4.69, 9.17) is 5.73 Å². The van der Waals surface area contributed by atoms with Crippen LogP contribution < -0.4 is 16.4 Å². The van der Waals surface area contributed by atoms with Crippen molar-refractivity contribution in [2.24, 2.45) is 5.73 Å². The van der Waals surface area contributed by atoms with Gasteiger partial charge in [-0.15, -0.1) is 0 Å². The summed E-state index contributed by atoms with van der Waals surface area (Å²) in [4.78, 5) is 46.5. The number of amides is 4. The quantitative estimate of drug-likeness (QED) is 0.509. The first kappa shape index (κ1) is 23.9. The van der Waals surface area contributed by atoms with Gasteiger partial charge in [0.15, 0.2) is 6.17 Å². The molecule has 0 aliphatic carbocycles. The summed E-state index contributed by atoms with van der Waals surface area (Å²) in [7, 11) is 0. The van der Waals surface area contributed by atoms with E-state index >= 15 is 0 Å². The predicted octanol–water partition coefficient (Wildman–Crippen LogP) is 2.48. The number of nitrogens with zero attached hydrogens (tertiary/aromatic N) is 3. The molecular formula is C26H28N6O3. The maximum Gasteiger partial charge on any atom is 0.323 e. The number of aryl methyl sites for hydroxylation is 1. The van der Waals surface area contributed by atoms with E-state index in [1.54, 1.807) is 18.2 Å². The molecule has 35 heavy (non-hydrogen) atoms. The van der Waals surface area contributed by atoms with Crippen molar-refractivity contribution in [2.45, 2.75) is 26.2 Å². The molecule has 1 aliphatic heterocycles. The van der Waals surface area contributed by atoms with E-state index in [2.05, 4.69) is 15.6 Å². The normalized spacial score (nSPS) is 15.1. The Hall–Kier alpha value is -4.24. The number of nitrogens with one attached hydrogen (secondary N) is 2. The van der Waals surface area contributed by atoms with Gasteiger partial charge in [0.2, 0.25) is 0 Å². The lowest BCUT2D eigenvalue weighted by atomic mass is 10.1. The van der Waals surface area contributed by atoms with Gasteiger partial charge in [-0.1, -0.05) is 36.4 Å². The maximum atomic E-state index is 13.4. The highest BCUT2D eigenvalue weighted by Crippen LogP contribution is 2.21. The average Bonchev–Trinajstić information content (AvgIpc) is 3.33. The van der Waals surface area contributed by atoms with Gasteiger partial charge in [0, 0.05) is 49.8 Å². The molecule has 0 bridgehead atoms. The molecule has 1 unspecified atom stereocenters. The summed E-state index contributed by atoms with van der Waals surface area (Å²) in [5.41, 5.74) is 9.55. The van der Waals surface area contributed by atoms with Gasteiger partial charge in [0.1, 0.15) is 0 Å². The van der Waals surface area contributed by atoms with E-state index in [0.717, 1.165) is 16.7 Å². The first-order chi connectivity index (χ1) is 17.0. The van der Waals surface area contributed by atoms with Crippen LogP contribution in [0.1, 0.15) is 27.0 Å². The summed E-state index contributed by atoms with van der Waals surface area (Å²) in [5, 5.41) is 5.72. The molecule has 180 valence electrons. The summed E-state index contributed by atoms with van der Waals surface area (Å²) in [5.74, 6) is -0.786. The number of hydrogen-bond donors (Lipinski definition) is 3. The molecule has 2 aromatic carbocycles. The van der Waals surface area contributed by atoms with E-state index in [-0.39, 0.29) is 25.5 Å². The molecule has 1 fully saturated rings. The third-order valence-corrected chi connectivity index (χ3v) is 5.82. The molecule has 4 N–H and O–H groups in total. The summed E-state index contributed by atoms with van der Waals surface area (Å²) >= 11 is 0. The Morgan fingerprint density at radius 2 is 1.69 bits per heavy atom. The highest BCUT2D eigenvalue weighted by molar-refractivity contribution is 6.00. The fourth-order valence-electron chi connectivity index (χ4n) is 4.06. The largest absolute Gasteiger partial charge is 0.349 e. The van der Waals surface area contributed by atoms with Crippen molar-refractivity contribution in [1.29, 1.82) is 0 Å². The fraction of sp³-hybridized carbons (Fsp3) is 0.231. The molecule has 0 radical (unpaired) electrons. The second kappa shape index (κ2) is 10.8. The molecule has 3 aromatic rings. The van der Waals surface area contributed by atoms with Crippen molar-refractivity contribution in [3.63, 3.8) is 0 Å². The number of hydrogen-bond acceptors (Lipinski definition) is 5. The van der Waals surface area contributed by atoms with Crippen molar-refractivity contribution in [2.75, 3.05) is 18.4 Å². The van der Waals surface area contributed by atoms with Crippen LogP contribution in [0.2, 0.25) is 0 Å². The number of pyridine rings is 1. The van der Waals surface area contributed by atoms with Crippen LogP contribution >= 0.6 is 0 Å². The van der Waals surface area contributed by atoms with E-state index in [9.17, 15) is 14.4 Å². The van der Waals surface area contributed by atoms with Crippen LogP contribution in [0.3, 0.4) is 0 Å². The average molecular weight is 473 g/mol. The van der Waals surface area contributed by atoms with Crippen LogP contribution in [0, 0.1) is 6.92 Å². The van der Waals surface area contributed by atoms with Crippen molar-refractivity contribution in [3.8, 4) is 0 Å². The molecule has 2 heterocycles. The highest BCUT2D eigenvalue weighted by atomic mass is 16.2. The van der Waals surface area contributed by atoms with Crippen LogP contribution in [-0.2, 0) is 17.9 Å². The Balaban J connectivity index is 1.55. The van der Waals surface area contributed by atoms with E-state index in [0.29, 0.717) is 17.8 Å². The Morgan fingerprint density at radius 3 is 2.43 bits per heavy atom. The second-order valence-electron chi connectivity index (χ2n) is 8.34. The number of carbonyl (C=O) groups excluding carboxylic acids is 3. The van der Waals surface area contributed by atoms with Gasteiger partial charge in [-0.2, -0.15) is 0 Å². The fourth-order valence-corrected chi connectivity index (χ4v) is 4.06. The minimum atomic E-state index is -1.10. The van der Waals surface area contributed by atoms with Crippen molar-refractivity contribution in [1.82, 2.24) is 20.1 Å². The molecular weight excluding hydrogens is 444 g/mol. The number of carbonyl (C=O) groups is 3. The summed E-state index contributed by atoms with van der Waals surface area (Å²) in [6, 6.07) is 17.7. The monoisotopic (exact) mass is 472 g/mol. The minimum Gasteiger partial charge on any atom is -0.349 e. The molecule has 1 atom stereocenters. The zero-order valence-electron chi connectivity index (χ0n) is 19.5. The molecule has 4 amide bonds. The maximum absolute atomic E-state index is 13.4. The number of anilines is 1. The molecule has 4 rings (SSSR count). The van der Waals surface area contributed by atoms with Crippen LogP contribution in [0.4, 0.5) is 10.5 Å². The number of nitrogens with two attached hydrogens (primary N) is 1. The van der Waals surface area contributed by atoms with Gasteiger partial charge < -0.3 is 21.3 Å². The van der Waals surface area contributed by atoms with Gasteiger partial charge >= 0.3 is 6.03 Å². The van der Waals surface area contributed by atoms with E-state index in [1.165, 1.54) is 22.2 Å². The van der Waals surface area contributed by atoms with Gasteiger partial charge in [-0.3, -0.25) is 19.5 Å². The second-order valence-corrected chi connectivity index (χ2v) is 8.34. The Kier molecular flexibility index (Phi) is 7.37. The molecule has 0 saturated carbocycles. The highest BCUT2D eigenvalue weighted by Gasteiger charge is 2.43. The number of urea groups is 1. The zero-order valence-corrected chi connectivity index (χ0v) is 19.5. The smallest absolute Gasteiger partial charge is 0.323 e. The number of benzene rings is 2. The van der Waals surface area contributed by atoms with Gasteiger partial charge in [-0.05, 0) is 47.9 Å². The SMILES string of the molecule is Cc1cccc(NC(=O)N2CCN(C(=O)c3ccncc3)C2C(=O)NCc2cccc(CN)c2)c1. The lowest BCUT2D eigenvalue weighted by molar-refractivity contribution is -0.128. The van der Waals surface area contributed by atoms with E-state index < -0.39 is 18.1 Å². The zero-order chi connectivity index (χ0) is 24.8. The van der Waals surface area contributed by atoms with Crippen molar-refractivity contribution < 1.29 is 14.4 Å². The van der Waals surface area contributed by atoms with Crippen LogP contribution in [0.5, 0.6) is 0 Å². The van der Waals surface area contributed by atoms with Crippen LogP contribution in [-0.4, -0.2) is 51.9 Å². The lowest BCUT2D eigenvalue weighted by Gasteiger charge is -2.29. The standard InChI is InChI=1S/C26H28N6O3/c1-18-4-2-7-22(14-18)30-26(35)32-13-12-31(25(34)21-8-10-28-11-9-21)24(32)23(33)29-17-20-6-3-5-19(15-20)16-27/h2-11,14-15,24H,12-13,16-17,27H2,1H3,(H,29,33)(H,30,35). The third-order valence-electron chi connectivity index (χ3n) is 5.82. The molecule has 9 nitrogen and oxygen atoms in total. The summed E-state index contributed by atoms with van der Waals surface area (Å²) in [6.45, 7) is 3.01. The topological polar surface area (TPSA) is 121 Å². The number of aromatic nitrogens is 1. The van der Waals surface area contributed by atoms with Gasteiger partial charge in [0.05, 0.1) is 0 Å². The van der Waals surface area contributed by atoms with Crippen molar-refractivity contribution >= 4 is 23.5 Å². The third kappa shape index (κ3) is 5.64. The Morgan fingerprint density at radius 1 is 0.971 bits per heavy atom. The molecule has 9 heteroatoms. The Labute approximate surface area is 203 Å². The first-order valence-electron chi connectivity index (χ1n) is 11.4. The Bertz CT molecular complexity index is 1220. The summed E-state index contributed by atoms with van der Waals surface area (Å²) < 4.78 is 0. The summed E-state index contributed by atoms with van der Waals surface area (Å²) in [6.07, 6.45) is 1.94. The van der Waals surface area contributed by atoms with Gasteiger partial charge in [0.25, 0.3) is 11.8 Å². The molecule has 1 aromatic heterocycles. The first-order valence-corrected chi connectivity index (χ1v) is 11.4. The van der Waals surface area contributed by atoms with Crippen molar-refractivity contribution in [3.05, 3.63) is 95.3 Å². The molecule has 1 aliphatic rings. The molecule has 1 saturated heterocycles. The molecule has 0 spiro atoms. The minimum absolute atomic E-state index is 0.217. The van der Waals surface area contributed by atoms with Crippen LogP contribution in [0.15, 0.2) is 73.1 Å². The lowest BCUT2D eigenvalue weighted by Crippen LogP contribution is -2.54. The van der Waals surface area contributed by atoms with E-state index in [1.807, 2.05) is 49.4 Å². The number of rotatable bonds is 6.